The summed E-state index contributed by atoms with van der Waals surface area (Å²) in [4.78, 5) is 20.5. The van der Waals surface area contributed by atoms with E-state index in [2.05, 4.69) is 34.9 Å². The molecule has 1 aromatic heterocycles. The molecule has 39 heavy (non-hydrogen) atoms. The Kier molecular flexibility index (Phi) is 6.76. The summed E-state index contributed by atoms with van der Waals surface area (Å²) in [5.41, 5.74) is 11.7. The number of aryl methyl sites for hydroxylation is 1. The first-order valence-corrected chi connectivity index (χ1v) is 15.8. The average molecular weight is 569 g/mol. The van der Waals surface area contributed by atoms with Gasteiger partial charge in [-0.05, 0) is 53.6 Å². The van der Waals surface area contributed by atoms with Crippen LogP contribution in [0.15, 0.2) is 41.8 Å². The van der Waals surface area contributed by atoms with Crippen molar-refractivity contribution in [1.82, 2.24) is 9.88 Å². The number of carbonyl (C=O) groups is 1. The zero-order valence-corrected chi connectivity index (χ0v) is 23.4. The van der Waals surface area contributed by atoms with Gasteiger partial charge in [-0.15, -0.1) is 11.3 Å². The van der Waals surface area contributed by atoms with Crippen molar-refractivity contribution in [1.29, 1.82) is 0 Å². The molecule has 2 saturated heterocycles. The number of rotatable bonds is 8. The molecule has 3 heterocycles. The van der Waals surface area contributed by atoms with Gasteiger partial charge in [0.15, 0.2) is 15.0 Å². The van der Waals surface area contributed by atoms with Crippen LogP contribution in [0.1, 0.15) is 16.7 Å². The number of nitrogen functional groups attached to an aromatic ring is 1. The Morgan fingerprint density at radius 1 is 1.15 bits per heavy atom. The highest BCUT2D eigenvalue weighted by molar-refractivity contribution is 7.91. The van der Waals surface area contributed by atoms with Crippen molar-refractivity contribution in [2.45, 2.75) is 20.1 Å². The molecular weight excluding hydrogens is 536 g/mol. The molecular formula is C28H32N4O5S2. The average Bonchev–Trinajstić information content (AvgIpc) is 3.21. The maximum atomic E-state index is 11.7. The molecule has 206 valence electrons. The summed E-state index contributed by atoms with van der Waals surface area (Å²) in [5.74, 6) is 0.734. The van der Waals surface area contributed by atoms with Crippen molar-refractivity contribution in [2.75, 3.05) is 48.3 Å². The fraction of sp³-hybridized carbons (Fsp3) is 0.429. The molecule has 11 heteroatoms. The zero-order valence-electron chi connectivity index (χ0n) is 21.7. The summed E-state index contributed by atoms with van der Waals surface area (Å²) >= 11 is 1.55. The molecule has 0 bridgehead atoms. The maximum absolute atomic E-state index is 11.7. The summed E-state index contributed by atoms with van der Waals surface area (Å²) < 4.78 is 29.7. The minimum atomic E-state index is -2.88. The van der Waals surface area contributed by atoms with Crippen molar-refractivity contribution in [3.8, 4) is 17.0 Å². The Labute approximate surface area is 232 Å². The van der Waals surface area contributed by atoms with E-state index in [1.807, 2.05) is 23.6 Å². The van der Waals surface area contributed by atoms with Crippen molar-refractivity contribution < 1.29 is 23.1 Å². The minimum absolute atomic E-state index is 0.198. The lowest BCUT2D eigenvalue weighted by atomic mass is 10.0. The third-order valence-electron chi connectivity index (χ3n) is 8.15. The predicted octanol–water partition coefficient (Wildman–Crippen LogP) is 3.28. The van der Waals surface area contributed by atoms with Gasteiger partial charge in [-0.3, -0.25) is 9.69 Å². The fourth-order valence-electron chi connectivity index (χ4n) is 5.80. The third-order valence-corrected chi connectivity index (χ3v) is 10.7. The number of carboxylic acids is 1. The number of aromatic nitrogens is 1. The lowest BCUT2D eigenvalue weighted by molar-refractivity contribution is -0.139. The van der Waals surface area contributed by atoms with Crippen molar-refractivity contribution in [2.24, 2.45) is 17.8 Å². The molecule has 6 rings (SSSR count). The first-order valence-electron chi connectivity index (χ1n) is 13.1. The van der Waals surface area contributed by atoms with Crippen LogP contribution in [0.3, 0.4) is 0 Å². The number of nitrogens with zero attached hydrogens (tertiary/aromatic N) is 3. The second-order valence-electron chi connectivity index (χ2n) is 10.8. The van der Waals surface area contributed by atoms with Crippen LogP contribution in [-0.4, -0.2) is 67.1 Å². The van der Waals surface area contributed by atoms with Gasteiger partial charge in [0.05, 0.1) is 23.1 Å². The summed E-state index contributed by atoms with van der Waals surface area (Å²) in [7, 11) is -2.88. The molecule has 2 aliphatic heterocycles. The topological polar surface area (TPSA) is 126 Å². The van der Waals surface area contributed by atoms with Gasteiger partial charge in [0, 0.05) is 49.4 Å². The molecule has 1 aliphatic carbocycles. The zero-order chi connectivity index (χ0) is 27.3. The van der Waals surface area contributed by atoms with E-state index < -0.39 is 15.8 Å². The summed E-state index contributed by atoms with van der Waals surface area (Å²) in [6.07, 6.45) is 0. The quantitative estimate of drug-likeness (QED) is 0.394. The Morgan fingerprint density at radius 3 is 2.59 bits per heavy atom. The number of ether oxygens (including phenoxy) is 1. The number of carboxylic acid groups (broad SMARTS) is 1. The molecule has 2 atom stereocenters. The number of anilines is 2. The summed E-state index contributed by atoms with van der Waals surface area (Å²) in [5, 5.41) is 12.2. The van der Waals surface area contributed by atoms with E-state index in [1.54, 1.807) is 11.3 Å². The van der Waals surface area contributed by atoms with E-state index in [1.165, 1.54) is 0 Å². The number of aliphatic carboxylic acids is 1. The first-order chi connectivity index (χ1) is 18.7. The lowest BCUT2D eigenvalue weighted by Crippen LogP contribution is -2.39. The highest BCUT2D eigenvalue weighted by atomic mass is 32.2. The second-order valence-corrected chi connectivity index (χ2v) is 14.0. The van der Waals surface area contributed by atoms with E-state index in [0.29, 0.717) is 31.1 Å². The number of fused-ring (bicyclic) bond motifs is 1. The smallest absolute Gasteiger partial charge is 0.307 e. The number of piperidine rings is 1. The maximum Gasteiger partial charge on any atom is 0.307 e. The molecule has 0 spiro atoms. The number of benzene rings is 2. The van der Waals surface area contributed by atoms with E-state index >= 15 is 0 Å². The van der Waals surface area contributed by atoms with E-state index in [4.69, 9.17) is 15.5 Å². The third kappa shape index (κ3) is 5.48. The van der Waals surface area contributed by atoms with Crippen molar-refractivity contribution >= 4 is 38.0 Å². The van der Waals surface area contributed by atoms with Crippen LogP contribution in [0.2, 0.25) is 0 Å². The van der Waals surface area contributed by atoms with Gasteiger partial charge in [0.2, 0.25) is 0 Å². The summed E-state index contributed by atoms with van der Waals surface area (Å²) in [6.45, 7) is 5.82. The molecule has 1 saturated carbocycles. The van der Waals surface area contributed by atoms with Crippen LogP contribution in [0.4, 0.5) is 10.8 Å². The van der Waals surface area contributed by atoms with Crippen LogP contribution < -0.4 is 15.4 Å². The van der Waals surface area contributed by atoms with Gasteiger partial charge >= 0.3 is 5.97 Å². The van der Waals surface area contributed by atoms with Gasteiger partial charge in [0.1, 0.15) is 12.4 Å². The molecule has 3 aliphatic rings. The molecule has 0 amide bonds. The molecule has 3 N–H and O–H groups in total. The van der Waals surface area contributed by atoms with Crippen LogP contribution in [0.25, 0.3) is 11.3 Å². The number of thiazole rings is 1. The monoisotopic (exact) mass is 568 g/mol. The Bertz CT molecular complexity index is 1500. The standard InChI is InChI=1S/C28H32N4O5S2/c1-17-10-18(12-31-6-8-39(35,36)9-7-31)2-3-19(17)15-37-25-5-4-20(29)11-21(25)24-16-38-28(30-24)32-13-22-23(14-32)26(22)27(33)34/h2-5,10-11,16,22-23,26H,6-9,12-15,29H2,1H3,(H,33,34). The normalized spacial score (nSPS) is 23.9. The molecule has 0 radical (unpaired) electrons. The number of hydrogen-bond acceptors (Lipinski definition) is 9. The Balaban J connectivity index is 1.11. The lowest BCUT2D eigenvalue weighted by Gasteiger charge is -2.26. The number of hydrogen-bond donors (Lipinski definition) is 2. The largest absolute Gasteiger partial charge is 0.488 e. The molecule has 2 aromatic carbocycles. The Hall–Kier alpha value is -3.15. The van der Waals surface area contributed by atoms with E-state index in [-0.39, 0.29) is 29.3 Å². The number of nitrogens with two attached hydrogens (primary N) is 1. The van der Waals surface area contributed by atoms with Gasteiger partial charge in [0.25, 0.3) is 0 Å². The van der Waals surface area contributed by atoms with E-state index in [9.17, 15) is 18.3 Å². The fourth-order valence-corrected chi connectivity index (χ4v) is 7.92. The van der Waals surface area contributed by atoms with Gasteiger partial charge in [-0.25, -0.2) is 13.4 Å². The van der Waals surface area contributed by atoms with Gasteiger partial charge < -0.3 is 20.5 Å². The first kappa shape index (κ1) is 26.1. The van der Waals surface area contributed by atoms with Crippen LogP contribution in [0.5, 0.6) is 5.75 Å². The molecule has 3 fully saturated rings. The molecule has 9 nitrogen and oxygen atoms in total. The number of sulfone groups is 1. The minimum Gasteiger partial charge on any atom is -0.488 e. The van der Waals surface area contributed by atoms with Crippen LogP contribution >= 0.6 is 11.3 Å². The summed E-state index contributed by atoms with van der Waals surface area (Å²) in [6, 6.07) is 11.9. The van der Waals surface area contributed by atoms with Crippen molar-refractivity contribution in [3.63, 3.8) is 0 Å². The Morgan fingerprint density at radius 2 is 1.90 bits per heavy atom. The second kappa shape index (κ2) is 10.1. The molecule has 2 unspecified atom stereocenters. The highest BCUT2D eigenvalue weighted by Gasteiger charge is 2.60. The molecule has 3 aromatic rings. The van der Waals surface area contributed by atoms with E-state index in [0.717, 1.165) is 52.7 Å². The van der Waals surface area contributed by atoms with Gasteiger partial charge in [-0.1, -0.05) is 18.2 Å². The van der Waals surface area contributed by atoms with Crippen LogP contribution in [0, 0.1) is 24.7 Å². The highest BCUT2D eigenvalue weighted by Crippen LogP contribution is 2.53. The van der Waals surface area contributed by atoms with Crippen LogP contribution in [-0.2, 0) is 27.8 Å². The van der Waals surface area contributed by atoms with Gasteiger partial charge in [-0.2, -0.15) is 0 Å². The SMILES string of the molecule is Cc1cc(CN2CCS(=O)(=O)CC2)ccc1COc1ccc(N)cc1-c1csc(N2CC3C(C2)C3C(=O)O)n1. The predicted molar refractivity (Wildman–Crippen MR) is 152 cm³/mol. The van der Waals surface area contributed by atoms with Crippen molar-refractivity contribution in [3.05, 3.63) is 58.5 Å².